The molecular weight excluding hydrogens is 314 g/mol. The lowest BCUT2D eigenvalue weighted by molar-refractivity contribution is 0.0769. The summed E-state index contributed by atoms with van der Waals surface area (Å²) in [6.07, 6.45) is 3.76. The summed E-state index contributed by atoms with van der Waals surface area (Å²) in [5, 5.41) is 0. The number of methoxy groups -OCH3 is 1. The van der Waals surface area contributed by atoms with E-state index in [1.54, 1.807) is 25.4 Å². The third-order valence-electron chi connectivity index (χ3n) is 5.32. The second kappa shape index (κ2) is 6.84. The first-order chi connectivity index (χ1) is 12.3. The number of benzene rings is 1. The Morgan fingerprint density at radius 3 is 2.84 bits per heavy atom. The summed E-state index contributed by atoms with van der Waals surface area (Å²) in [5.74, 6) is 0.424. The van der Waals surface area contributed by atoms with Crippen LogP contribution in [0, 0.1) is 0 Å². The van der Waals surface area contributed by atoms with Crippen molar-refractivity contribution in [1.29, 1.82) is 0 Å². The average Bonchev–Trinajstić information content (AvgIpc) is 3.17. The molecule has 5 heteroatoms. The molecule has 0 spiro atoms. The summed E-state index contributed by atoms with van der Waals surface area (Å²) in [6, 6.07) is 12.7. The van der Waals surface area contributed by atoms with Gasteiger partial charge in [0.05, 0.1) is 7.11 Å². The third-order valence-corrected chi connectivity index (χ3v) is 5.32. The van der Waals surface area contributed by atoms with Crippen molar-refractivity contribution in [3.8, 4) is 5.88 Å². The first kappa shape index (κ1) is 16.1. The topological polar surface area (TPSA) is 45.7 Å². The Labute approximate surface area is 148 Å². The van der Waals surface area contributed by atoms with Crippen LogP contribution in [0.1, 0.15) is 27.9 Å². The molecule has 1 atom stereocenters. The zero-order chi connectivity index (χ0) is 17.2. The summed E-state index contributed by atoms with van der Waals surface area (Å²) in [5.41, 5.74) is 3.44. The highest BCUT2D eigenvalue weighted by Gasteiger charge is 2.33. The Balaban J connectivity index is 1.44. The molecule has 4 rings (SSSR count). The first-order valence-corrected chi connectivity index (χ1v) is 8.85. The number of carbonyl (C=O) groups excluding carboxylic acids is 1. The van der Waals surface area contributed by atoms with Crippen molar-refractivity contribution in [2.45, 2.75) is 25.4 Å². The van der Waals surface area contributed by atoms with Gasteiger partial charge in [-0.3, -0.25) is 9.69 Å². The first-order valence-electron chi connectivity index (χ1n) is 8.85. The number of nitrogens with zero attached hydrogens (tertiary/aromatic N) is 3. The number of pyridine rings is 1. The fourth-order valence-corrected chi connectivity index (χ4v) is 3.94. The second-order valence-electron chi connectivity index (χ2n) is 6.74. The minimum absolute atomic E-state index is 0.0184. The van der Waals surface area contributed by atoms with E-state index in [1.165, 1.54) is 11.1 Å². The summed E-state index contributed by atoms with van der Waals surface area (Å²) in [7, 11) is 1.55. The SMILES string of the molecule is COc1ncccc1C(=O)N1CC[C@@H](N2CCc3ccccc3C2)C1. The fraction of sp³-hybridized carbons (Fsp3) is 0.400. The fourth-order valence-electron chi connectivity index (χ4n) is 3.94. The van der Waals surface area contributed by atoms with Gasteiger partial charge in [0.2, 0.25) is 5.88 Å². The minimum atomic E-state index is 0.0184. The molecule has 1 aromatic heterocycles. The lowest BCUT2D eigenvalue weighted by Gasteiger charge is -2.33. The van der Waals surface area contributed by atoms with Crippen LogP contribution < -0.4 is 4.74 Å². The van der Waals surface area contributed by atoms with Crippen LogP contribution in [-0.4, -0.2) is 53.5 Å². The van der Waals surface area contributed by atoms with Crippen LogP contribution in [-0.2, 0) is 13.0 Å². The number of likely N-dealkylation sites (tertiary alicyclic amines) is 1. The molecule has 3 heterocycles. The summed E-state index contributed by atoms with van der Waals surface area (Å²) >= 11 is 0. The van der Waals surface area contributed by atoms with Crippen molar-refractivity contribution in [1.82, 2.24) is 14.8 Å². The van der Waals surface area contributed by atoms with Crippen molar-refractivity contribution < 1.29 is 9.53 Å². The standard InChI is InChI=1S/C20H23N3O2/c1-25-19-18(7-4-10-21-19)20(24)23-12-9-17(14-23)22-11-8-15-5-2-3-6-16(15)13-22/h2-7,10,17H,8-9,11-14H2,1H3/t17-/m1/s1. The molecule has 0 saturated carbocycles. The number of ether oxygens (including phenoxy) is 1. The van der Waals surface area contributed by atoms with E-state index in [2.05, 4.69) is 34.1 Å². The largest absolute Gasteiger partial charge is 0.480 e. The number of fused-ring (bicyclic) bond motifs is 1. The minimum Gasteiger partial charge on any atom is -0.480 e. The Bertz CT molecular complexity index is 777. The van der Waals surface area contributed by atoms with E-state index in [-0.39, 0.29) is 5.91 Å². The number of hydrogen-bond donors (Lipinski definition) is 0. The van der Waals surface area contributed by atoms with Gasteiger partial charge in [0, 0.05) is 38.4 Å². The van der Waals surface area contributed by atoms with Gasteiger partial charge in [-0.25, -0.2) is 4.98 Å². The Morgan fingerprint density at radius 1 is 1.16 bits per heavy atom. The number of rotatable bonds is 3. The van der Waals surface area contributed by atoms with E-state index in [0.717, 1.165) is 39.0 Å². The summed E-state index contributed by atoms with van der Waals surface area (Å²) in [6.45, 7) is 3.62. The molecule has 0 radical (unpaired) electrons. The van der Waals surface area contributed by atoms with Gasteiger partial charge in [0.15, 0.2) is 0 Å². The molecule has 1 aromatic carbocycles. The maximum atomic E-state index is 12.8. The van der Waals surface area contributed by atoms with Gasteiger partial charge in [-0.1, -0.05) is 24.3 Å². The maximum Gasteiger partial charge on any atom is 0.259 e. The predicted molar refractivity (Wildman–Crippen MR) is 95.7 cm³/mol. The molecule has 0 aliphatic carbocycles. The van der Waals surface area contributed by atoms with E-state index >= 15 is 0 Å². The molecular formula is C20H23N3O2. The van der Waals surface area contributed by atoms with Crippen LogP contribution in [0.3, 0.4) is 0 Å². The van der Waals surface area contributed by atoms with Crippen molar-refractivity contribution in [3.05, 3.63) is 59.3 Å². The Hall–Kier alpha value is -2.40. The molecule has 1 fully saturated rings. The molecule has 2 aliphatic rings. The van der Waals surface area contributed by atoms with Gasteiger partial charge >= 0.3 is 0 Å². The molecule has 130 valence electrons. The van der Waals surface area contributed by atoms with Crippen LogP contribution in [0.25, 0.3) is 0 Å². The Kier molecular flexibility index (Phi) is 4.40. The lowest BCUT2D eigenvalue weighted by Crippen LogP contribution is -2.41. The van der Waals surface area contributed by atoms with E-state index in [9.17, 15) is 4.79 Å². The molecule has 5 nitrogen and oxygen atoms in total. The van der Waals surface area contributed by atoms with Gasteiger partial charge in [-0.05, 0) is 36.1 Å². The number of aromatic nitrogens is 1. The molecule has 0 N–H and O–H groups in total. The lowest BCUT2D eigenvalue weighted by atomic mass is 9.98. The van der Waals surface area contributed by atoms with E-state index in [4.69, 9.17) is 4.74 Å². The molecule has 0 bridgehead atoms. The average molecular weight is 337 g/mol. The molecule has 2 aliphatic heterocycles. The quantitative estimate of drug-likeness (QED) is 0.863. The molecule has 25 heavy (non-hydrogen) atoms. The van der Waals surface area contributed by atoms with Crippen LogP contribution in [0.5, 0.6) is 5.88 Å². The van der Waals surface area contributed by atoms with Gasteiger partial charge < -0.3 is 9.64 Å². The third kappa shape index (κ3) is 3.12. The van der Waals surface area contributed by atoms with Gasteiger partial charge in [0.1, 0.15) is 5.56 Å². The van der Waals surface area contributed by atoms with Crippen LogP contribution in [0.2, 0.25) is 0 Å². The Morgan fingerprint density at radius 2 is 2.00 bits per heavy atom. The molecule has 1 amide bonds. The van der Waals surface area contributed by atoms with Gasteiger partial charge in [-0.15, -0.1) is 0 Å². The zero-order valence-electron chi connectivity index (χ0n) is 14.5. The van der Waals surface area contributed by atoms with Crippen LogP contribution in [0.4, 0.5) is 0 Å². The normalized spacial score (nSPS) is 20.4. The highest BCUT2D eigenvalue weighted by molar-refractivity contribution is 5.96. The monoisotopic (exact) mass is 337 g/mol. The summed E-state index contributed by atoms with van der Waals surface area (Å²) in [4.78, 5) is 21.4. The highest BCUT2D eigenvalue weighted by atomic mass is 16.5. The second-order valence-corrected chi connectivity index (χ2v) is 6.74. The van der Waals surface area contributed by atoms with Gasteiger partial charge in [-0.2, -0.15) is 0 Å². The number of amides is 1. The van der Waals surface area contributed by atoms with Crippen LogP contribution in [0.15, 0.2) is 42.6 Å². The van der Waals surface area contributed by atoms with Crippen molar-refractivity contribution in [2.75, 3.05) is 26.7 Å². The van der Waals surface area contributed by atoms with E-state index in [1.807, 2.05) is 4.90 Å². The molecule has 1 saturated heterocycles. The number of carbonyl (C=O) groups is 1. The van der Waals surface area contributed by atoms with E-state index in [0.29, 0.717) is 17.5 Å². The number of hydrogen-bond acceptors (Lipinski definition) is 4. The highest BCUT2D eigenvalue weighted by Crippen LogP contribution is 2.26. The van der Waals surface area contributed by atoms with E-state index < -0.39 is 0 Å². The molecule has 2 aromatic rings. The van der Waals surface area contributed by atoms with Crippen molar-refractivity contribution in [3.63, 3.8) is 0 Å². The van der Waals surface area contributed by atoms with Crippen molar-refractivity contribution in [2.24, 2.45) is 0 Å². The smallest absolute Gasteiger partial charge is 0.259 e. The van der Waals surface area contributed by atoms with Gasteiger partial charge in [0.25, 0.3) is 5.91 Å². The maximum absolute atomic E-state index is 12.8. The van der Waals surface area contributed by atoms with Crippen molar-refractivity contribution >= 4 is 5.91 Å². The molecule has 0 unspecified atom stereocenters. The van der Waals surface area contributed by atoms with Crippen LogP contribution >= 0.6 is 0 Å². The zero-order valence-corrected chi connectivity index (χ0v) is 14.5. The predicted octanol–water partition coefficient (Wildman–Crippen LogP) is 2.36. The summed E-state index contributed by atoms with van der Waals surface area (Å²) < 4.78 is 5.24.